The van der Waals surface area contributed by atoms with E-state index in [0.29, 0.717) is 24.1 Å². The molecule has 0 aliphatic carbocycles. The topological polar surface area (TPSA) is 56.0 Å². The van der Waals surface area contributed by atoms with Crippen LogP contribution >= 0.6 is 15.9 Å². The van der Waals surface area contributed by atoms with E-state index in [-0.39, 0.29) is 12.2 Å². The predicted octanol–water partition coefficient (Wildman–Crippen LogP) is 3.97. The van der Waals surface area contributed by atoms with Crippen LogP contribution in [0.2, 0.25) is 0 Å². The minimum atomic E-state index is 0.125. The lowest BCUT2D eigenvalue weighted by Crippen LogP contribution is -2.06. The van der Waals surface area contributed by atoms with Crippen LogP contribution in [0.15, 0.2) is 27.2 Å². The Hall–Kier alpha value is -1.49. The van der Waals surface area contributed by atoms with Gasteiger partial charge < -0.3 is 4.52 Å². The number of aryl methyl sites for hydroxylation is 1. The SMILES string of the molecule is Cc1ccc(-c2noc(CC(=O)CC(C)C)n2)cc1Br. The third kappa shape index (κ3) is 3.76. The van der Waals surface area contributed by atoms with Gasteiger partial charge >= 0.3 is 0 Å². The maximum Gasteiger partial charge on any atom is 0.234 e. The summed E-state index contributed by atoms with van der Waals surface area (Å²) in [4.78, 5) is 16.0. The van der Waals surface area contributed by atoms with Gasteiger partial charge in [-0.2, -0.15) is 4.98 Å². The van der Waals surface area contributed by atoms with Crippen molar-refractivity contribution in [2.75, 3.05) is 0 Å². The number of Topliss-reactive ketones (excluding diaryl/α,β-unsaturated/α-hetero) is 1. The zero-order valence-corrected chi connectivity index (χ0v) is 13.4. The molecule has 0 N–H and O–H groups in total. The molecule has 0 spiro atoms. The number of carbonyl (C=O) groups excluding carboxylic acids is 1. The van der Waals surface area contributed by atoms with Crippen LogP contribution < -0.4 is 0 Å². The molecule has 1 aromatic carbocycles. The van der Waals surface area contributed by atoms with E-state index in [0.717, 1.165) is 15.6 Å². The zero-order chi connectivity index (χ0) is 14.7. The van der Waals surface area contributed by atoms with Gasteiger partial charge in [-0.25, -0.2) is 0 Å². The maximum absolute atomic E-state index is 11.7. The number of rotatable bonds is 5. The third-order valence-electron chi connectivity index (χ3n) is 2.88. The van der Waals surface area contributed by atoms with Gasteiger partial charge in [-0.3, -0.25) is 4.79 Å². The highest BCUT2D eigenvalue weighted by atomic mass is 79.9. The molecule has 0 aliphatic heterocycles. The molecule has 0 amide bonds. The summed E-state index contributed by atoms with van der Waals surface area (Å²) in [5.41, 5.74) is 2.01. The molecule has 0 bridgehead atoms. The minimum absolute atomic E-state index is 0.125. The van der Waals surface area contributed by atoms with Crippen LogP contribution in [0.3, 0.4) is 0 Å². The van der Waals surface area contributed by atoms with Gasteiger partial charge in [-0.1, -0.05) is 47.1 Å². The van der Waals surface area contributed by atoms with Gasteiger partial charge in [0.25, 0.3) is 0 Å². The molecule has 1 aromatic heterocycles. The second kappa shape index (κ2) is 6.31. The number of halogens is 1. The molecule has 0 saturated carbocycles. The monoisotopic (exact) mass is 336 g/mol. The molecule has 1 heterocycles. The van der Waals surface area contributed by atoms with E-state index in [1.807, 2.05) is 39.0 Å². The first-order valence-electron chi connectivity index (χ1n) is 6.56. The Morgan fingerprint density at radius 1 is 1.40 bits per heavy atom. The lowest BCUT2D eigenvalue weighted by molar-refractivity contribution is -0.119. The molecule has 0 atom stereocenters. The first-order valence-corrected chi connectivity index (χ1v) is 7.36. The second-order valence-corrected chi connectivity index (χ2v) is 6.14. The Labute approximate surface area is 126 Å². The van der Waals surface area contributed by atoms with Gasteiger partial charge in [-0.05, 0) is 24.5 Å². The summed E-state index contributed by atoms with van der Waals surface area (Å²) in [5.74, 6) is 1.36. The fraction of sp³-hybridized carbons (Fsp3) is 0.400. The Kier molecular flexibility index (Phi) is 4.70. The summed E-state index contributed by atoms with van der Waals surface area (Å²) >= 11 is 3.48. The Morgan fingerprint density at radius 3 is 2.80 bits per heavy atom. The molecule has 0 saturated heterocycles. The van der Waals surface area contributed by atoms with Gasteiger partial charge in [0.1, 0.15) is 5.78 Å². The number of benzene rings is 1. The molecular formula is C15H17BrN2O2. The first-order chi connectivity index (χ1) is 9.45. The van der Waals surface area contributed by atoms with Crippen LogP contribution in [0.4, 0.5) is 0 Å². The average molecular weight is 337 g/mol. The quantitative estimate of drug-likeness (QED) is 0.828. The van der Waals surface area contributed by atoms with Crippen molar-refractivity contribution in [1.29, 1.82) is 0 Å². The van der Waals surface area contributed by atoms with Crippen molar-refractivity contribution < 1.29 is 9.32 Å². The number of aromatic nitrogens is 2. The van der Waals surface area contributed by atoms with Crippen molar-refractivity contribution in [1.82, 2.24) is 10.1 Å². The van der Waals surface area contributed by atoms with E-state index in [1.54, 1.807) is 0 Å². The van der Waals surface area contributed by atoms with Gasteiger partial charge in [0.2, 0.25) is 11.7 Å². The highest BCUT2D eigenvalue weighted by Gasteiger charge is 2.14. The lowest BCUT2D eigenvalue weighted by atomic mass is 10.1. The normalized spacial score (nSPS) is 11.1. The number of ketones is 1. The lowest BCUT2D eigenvalue weighted by Gasteiger charge is -2.00. The molecule has 0 aliphatic rings. The van der Waals surface area contributed by atoms with Gasteiger partial charge in [0.15, 0.2) is 0 Å². The number of hydrogen-bond acceptors (Lipinski definition) is 4. The van der Waals surface area contributed by atoms with Gasteiger partial charge in [0, 0.05) is 16.5 Å². The Bertz CT molecular complexity index is 620. The van der Waals surface area contributed by atoms with Crippen LogP contribution in [0.5, 0.6) is 0 Å². The molecular weight excluding hydrogens is 320 g/mol. The molecule has 4 nitrogen and oxygen atoms in total. The molecule has 2 rings (SSSR count). The fourth-order valence-electron chi connectivity index (χ4n) is 1.87. The standard InChI is InChI=1S/C15H17BrN2O2/c1-9(2)6-12(19)8-14-17-15(18-20-14)11-5-4-10(3)13(16)7-11/h4-5,7,9H,6,8H2,1-3H3. The molecule has 2 aromatic rings. The summed E-state index contributed by atoms with van der Waals surface area (Å²) in [5, 5.41) is 3.93. The first kappa shape index (κ1) is 14.9. The highest BCUT2D eigenvalue weighted by Crippen LogP contribution is 2.23. The Morgan fingerprint density at radius 2 is 2.15 bits per heavy atom. The van der Waals surface area contributed by atoms with E-state index >= 15 is 0 Å². The van der Waals surface area contributed by atoms with E-state index in [2.05, 4.69) is 26.1 Å². The molecule has 20 heavy (non-hydrogen) atoms. The van der Waals surface area contributed by atoms with Crippen LogP contribution in [0.1, 0.15) is 31.7 Å². The Balaban J connectivity index is 2.12. The summed E-state index contributed by atoms with van der Waals surface area (Å²) in [7, 11) is 0. The van der Waals surface area contributed by atoms with E-state index in [9.17, 15) is 4.79 Å². The van der Waals surface area contributed by atoms with Gasteiger partial charge in [-0.15, -0.1) is 0 Å². The van der Waals surface area contributed by atoms with Crippen molar-refractivity contribution in [2.45, 2.75) is 33.6 Å². The highest BCUT2D eigenvalue weighted by molar-refractivity contribution is 9.10. The predicted molar refractivity (Wildman–Crippen MR) is 80.3 cm³/mol. The number of hydrogen-bond donors (Lipinski definition) is 0. The molecule has 0 unspecified atom stereocenters. The third-order valence-corrected chi connectivity index (χ3v) is 3.74. The van der Waals surface area contributed by atoms with E-state index < -0.39 is 0 Å². The van der Waals surface area contributed by atoms with Crippen molar-refractivity contribution in [2.24, 2.45) is 5.92 Å². The van der Waals surface area contributed by atoms with Crippen LogP contribution in [-0.2, 0) is 11.2 Å². The zero-order valence-electron chi connectivity index (χ0n) is 11.8. The minimum Gasteiger partial charge on any atom is -0.339 e. The summed E-state index contributed by atoms with van der Waals surface area (Å²) in [6.07, 6.45) is 0.742. The van der Waals surface area contributed by atoms with Crippen LogP contribution in [0, 0.1) is 12.8 Å². The number of nitrogens with zero attached hydrogens (tertiary/aromatic N) is 2. The molecule has 0 fully saturated rings. The van der Waals surface area contributed by atoms with Crippen molar-refractivity contribution >= 4 is 21.7 Å². The van der Waals surface area contributed by atoms with Crippen molar-refractivity contribution in [3.63, 3.8) is 0 Å². The fourth-order valence-corrected chi connectivity index (χ4v) is 2.25. The second-order valence-electron chi connectivity index (χ2n) is 5.29. The van der Waals surface area contributed by atoms with Gasteiger partial charge in [0.05, 0.1) is 6.42 Å². The molecule has 5 heteroatoms. The summed E-state index contributed by atoms with van der Waals surface area (Å²) in [6, 6.07) is 5.87. The van der Waals surface area contributed by atoms with Crippen molar-refractivity contribution in [3.05, 3.63) is 34.1 Å². The summed E-state index contributed by atoms with van der Waals surface area (Å²) < 4.78 is 6.14. The summed E-state index contributed by atoms with van der Waals surface area (Å²) in [6.45, 7) is 6.04. The van der Waals surface area contributed by atoms with E-state index in [1.165, 1.54) is 0 Å². The number of carbonyl (C=O) groups is 1. The largest absolute Gasteiger partial charge is 0.339 e. The van der Waals surface area contributed by atoms with Crippen LogP contribution in [0.25, 0.3) is 11.4 Å². The molecule has 0 radical (unpaired) electrons. The van der Waals surface area contributed by atoms with Crippen molar-refractivity contribution in [3.8, 4) is 11.4 Å². The average Bonchev–Trinajstić information content (AvgIpc) is 2.80. The smallest absolute Gasteiger partial charge is 0.234 e. The molecule has 106 valence electrons. The van der Waals surface area contributed by atoms with E-state index in [4.69, 9.17) is 4.52 Å². The van der Waals surface area contributed by atoms with Crippen LogP contribution in [-0.4, -0.2) is 15.9 Å². The maximum atomic E-state index is 11.7.